The summed E-state index contributed by atoms with van der Waals surface area (Å²) in [4.78, 5) is 48.6. The van der Waals surface area contributed by atoms with E-state index in [1.54, 1.807) is 31.2 Å². The summed E-state index contributed by atoms with van der Waals surface area (Å²) >= 11 is 0. The van der Waals surface area contributed by atoms with Crippen molar-refractivity contribution in [2.24, 2.45) is 5.92 Å². The van der Waals surface area contributed by atoms with Crippen LogP contribution in [0.15, 0.2) is 24.3 Å². The molecule has 6 nitrogen and oxygen atoms in total. The number of hydrogen-bond donors (Lipinski definition) is 0. The molecule has 0 fully saturated rings. The van der Waals surface area contributed by atoms with E-state index in [1.165, 1.54) is 6.92 Å². The van der Waals surface area contributed by atoms with E-state index in [1.807, 2.05) is 0 Å². The second kappa shape index (κ2) is 5.87. The molecule has 2 amide bonds. The molecule has 0 saturated heterocycles. The van der Waals surface area contributed by atoms with Crippen LogP contribution in [0.5, 0.6) is 0 Å². The molecule has 1 aliphatic rings. The fraction of sp³-hybridized carbons (Fsp3) is 0.333. The maximum Gasteiger partial charge on any atom is 0.318 e. The molecule has 0 radical (unpaired) electrons. The Morgan fingerprint density at radius 2 is 1.67 bits per heavy atom. The van der Waals surface area contributed by atoms with Gasteiger partial charge in [0.05, 0.1) is 17.7 Å². The van der Waals surface area contributed by atoms with Gasteiger partial charge in [-0.2, -0.15) is 0 Å². The standard InChI is InChI=1S/C15H15NO5/c1-3-21-15(20)12(9(2)17)8-16-13(18)10-6-4-5-7-11(10)14(16)19/h4-7,12H,3,8H2,1-2H3/t12-/m0/s1. The predicted octanol–water partition coefficient (Wildman–Crippen LogP) is 1.05. The second-order valence-electron chi connectivity index (χ2n) is 4.68. The van der Waals surface area contributed by atoms with Gasteiger partial charge in [-0.3, -0.25) is 24.1 Å². The maximum atomic E-state index is 12.2. The molecular weight excluding hydrogens is 274 g/mol. The highest BCUT2D eigenvalue weighted by atomic mass is 16.5. The summed E-state index contributed by atoms with van der Waals surface area (Å²) in [5.74, 6) is -3.30. The van der Waals surface area contributed by atoms with Gasteiger partial charge in [-0.05, 0) is 26.0 Å². The van der Waals surface area contributed by atoms with Gasteiger partial charge in [0.2, 0.25) is 0 Å². The summed E-state index contributed by atoms with van der Waals surface area (Å²) in [7, 11) is 0. The van der Waals surface area contributed by atoms with Gasteiger partial charge in [0.1, 0.15) is 11.7 Å². The Morgan fingerprint density at radius 3 is 2.10 bits per heavy atom. The molecule has 6 heteroatoms. The largest absolute Gasteiger partial charge is 0.465 e. The molecule has 110 valence electrons. The number of hydrogen-bond acceptors (Lipinski definition) is 5. The number of rotatable bonds is 5. The first-order valence-electron chi connectivity index (χ1n) is 6.59. The molecule has 0 N–H and O–H groups in total. The first-order valence-corrected chi connectivity index (χ1v) is 6.59. The monoisotopic (exact) mass is 289 g/mol. The summed E-state index contributed by atoms with van der Waals surface area (Å²) in [5.41, 5.74) is 0.572. The van der Waals surface area contributed by atoms with Crippen LogP contribution in [0.3, 0.4) is 0 Å². The van der Waals surface area contributed by atoms with Crippen molar-refractivity contribution in [2.45, 2.75) is 13.8 Å². The highest BCUT2D eigenvalue weighted by molar-refractivity contribution is 6.21. The lowest BCUT2D eigenvalue weighted by atomic mass is 10.1. The number of carbonyl (C=O) groups is 4. The average Bonchev–Trinajstić information content (AvgIpc) is 2.69. The van der Waals surface area contributed by atoms with E-state index >= 15 is 0 Å². The van der Waals surface area contributed by atoms with E-state index < -0.39 is 29.5 Å². The molecule has 1 heterocycles. The number of esters is 1. The van der Waals surface area contributed by atoms with Crippen LogP contribution in [0.25, 0.3) is 0 Å². The van der Waals surface area contributed by atoms with E-state index in [0.717, 1.165) is 4.90 Å². The maximum absolute atomic E-state index is 12.2. The Labute approximate surface area is 121 Å². The lowest BCUT2D eigenvalue weighted by Crippen LogP contribution is -2.40. The summed E-state index contributed by atoms with van der Waals surface area (Å²) in [6.07, 6.45) is 0. The molecule has 2 rings (SSSR count). The van der Waals surface area contributed by atoms with Crippen LogP contribution >= 0.6 is 0 Å². The van der Waals surface area contributed by atoms with E-state index in [-0.39, 0.29) is 24.3 Å². The molecule has 0 unspecified atom stereocenters. The van der Waals surface area contributed by atoms with Gasteiger partial charge in [-0.1, -0.05) is 12.1 Å². The highest BCUT2D eigenvalue weighted by Gasteiger charge is 2.39. The van der Waals surface area contributed by atoms with Crippen molar-refractivity contribution in [3.8, 4) is 0 Å². The molecule has 1 aliphatic heterocycles. The van der Waals surface area contributed by atoms with Gasteiger partial charge in [0.25, 0.3) is 11.8 Å². The number of benzene rings is 1. The molecule has 0 aliphatic carbocycles. The Bertz CT molecular complexity index is 587. The zero-order chi connectivity index (χ0) is 15.6. The summed E-state index contributed by atoms with van der Waals surface area (Å²) in [5, 5.41) is 0. The molecule has 0 aromatic heterocycles. The Morgan fingerprint density at radius 1 is 1.14 bits per heavy atom. The van der Waals surface area contributed by atoms with Crippen molar-refractivity contribution >= 4 is 23.6 Å². The number of nitrogens with zero attached hydrogens (tertiary/aromatic N) is 1. The molecule has 1 atom stereocenters. The number of carbonyl (C=O) groups excluding carboxylic acids is 4. The van der Waals surface area contributed by atoms with Crippen LogP contribution in [0.4, 0.5) is 0 Å². The fourth-order valence-corrected chi connectivity index (χ4v) is 2.20. The lowest BCUT2D eigenvalue weighted by molar-refractivity contribution is -0.151. The van der Waals surface area contributed by atoms with Crippen molar-refractivity contribution in [1.29, 1.82) is 0 Å². The van der Waals surface area contributed by atoms with Crippen LogP contribution in [0.1, 0.15) is 34.6 Å². The molecule has 0 spiro atoms. The quantitative estimate of drug-likeness (QED) is 0.460. The Balaban J connectivity index is 2.24. The van der Waals surface area contributed by atoms with Gasteiger partial charge in [0.15, 0.2) is 0 Å². The topological polar surface area (TPSA) is 80.8 Å². The van der Waals surface area contributed by atoms with Gasteiger partial charge in [-0.15, -0.1) is 0 Å². The minimum atomic E-state index is -1.15. The van der Waals surface area contributed by atoms with Crippen LogP contribution < -0.4 is 0 Å². The number of imide groups is 1. The predicted molar refractivity (Wildman–Crippen MR) is 72.6 cm³/mol. The summed E-state index contributed by atoms with van der Waals surface area (Å²) in [6, 6.07) is 6.40. The Hall–Kier alpha value is -2.50. The summed E-state index contributed by atoms with van der Waals surface area (Å²) < 4.78 is 4.81. The van der Waals surface area contributed by atoms with E-state index in [4.69, 9.17) is 4.74 Å². The van der Waals surface area contributed by atoms with Crippen LogP contribution in [-0.2, 0) is 14.3 Å². The Kier molecular flexibility index (Phi) is 4.16. The SMILES string of the molecule is CCOC(=O)[C@@H](CN1C(=O)c2ccccc2C1=O)C(C)=O. The fourth-order valence-electron chi connectivity index (χ4n) is 2.20. The minimum Gasteiger partial charge on any atom is -0.465 e. The lowest BCUT2D eigenvalue weighted by Gasteiger charge is -2.19. The number of ketones is 1. The highest BCUT2D eigenvalue weighted by Crippen LogP contribution is 2.23. The molecule has 0 bridgehead atoms. The van der Waals surface area contributed by atoms with E-state index in [9.17, 15) is 19.2 Å². The first-order chi connectivity index (χ1) is 9.97. The van der Waals surface area contributed by atoms with Gasteiger partial charge >= 0.3 is 5.97 Å². The van der Waals surface area contributed by atoms with Gasteiger partial charge < -0.3 is 4.74 Å². The third kappa shape index (κ3) is 2.69. The van der Waals surface area contributed by atoms with Crippen molar-refractivity contribution in [1.82, 2.24) is 4.90 Å². The van der Waals surface area contributed by atoms with Crippen LogP contribution in [0, 0.1) is 5.92 Å². The zero-order valence-electron chi connectivity index (χ0n) is 11.8. The first kappa shape index (κ1) is 14.9. The second-order valence-corrected chi connectivity index (χ2v) is 4.68. The van der Waals surface area contributed by atoms with E-state index in [0.29, 0.717) is 0 Å². The smallest absolute Gasteiger partial charge is 0.318 e. The molecule has 1 aromatic rings. The van der Waals surface area contributed by atoms with Crippen molar-refractivity contribution in [3.05, 3.63) is 35.4 Å². The van der Waals surface area contributed by atoms with Crippen molar-refractivity contribution in [3.63, 3.8) is 0 Å². The minimum absolute atomic E-state index is 0.130. The third-order valence-corrected chi connectivity index (χ3v) is 3.31. The number of amides is 2. The normalized spacial score (nSPS) is 14.9. The molecule has 0 saturated carbocycles. The summed E-state index contributed by atoms with van der Waals surface area (Å²) in [6.45, 7) is 2.70. The van der Waals surface area contributed by atoms with Gasteiger partial charge in [0, 0.05) is 6.54 Å². The zero-order valence-corrected chi connectivity index (χ0v) is 11.8. The third-order valence-electron chi connectivity index (χ3n) is 3.31. The van der Waals surface area contributed by atoms with Gasteiger partial charge in [-0.25, -0.2) is 0 Å². The number of Topliss-reactive ketones (excluding diaryl/α,β-unsaturated/α-hetero) is 1. The molecule has 21 heavy (non-hydrogen) atoms. The number of ether oxygens (including phenoxy) is 1. The number of fused-ring (bicyclic) bond motifs is 1. The molecular formula is C15H15NO5. The van der Waals surface area contributed by atoms with E-state index in [2.05, 4.69) is 0 Å². The van der Waals surface area contributed by atoms with Crippen molar-refractivity contribution in [2.75, 3.05) is 13.2 Å². The molecule has 1 aromatic carbocycles. The van der Waals surface area contributed by atoms with Crippen LogP contribution in [-0.4, -0.2) is 41.6 Å². The average molecular weight is 289 g/mol. The van der Waals surface area contributed by atoms with Crippen LogP contribution in [0.2, 0.25) is 0 Å². The van der Waals surface area contributed by atoms with Crippen molar-refractivity contribution < 1.29 is 23.9 Å².